The van der Waals surface area contributed by atoms with Crippen molar-refractivity contribution in [1.29, 1.82) is 0 Å². The highest BCUT2D eigenvalue weighted by Crippen LogP contribution is 2.38. The summed E-state index contributed by atoms with van der Waals surface area (Å²) in [5, 5.41) is 3.33. The second-order valence-electron chi connectivity index (χ2n) is 5.86. The molecule has 1 N–H and O–H groups in total. The maximum Gasteiger partial charge on any atom is 0.310 e. The smallest absolute Gasteiger partial charge is 0.310 e. The Hall–Kier alpha value is -1.49. The van der Waals surface area contributed by atoms with E-state index in [-0.39, 0.29) is 31.5 Å². The van der Waals surface area contributed by atoms with Gasteiger partial charge < -0.3 is 10.1 Å². The van der Waals surface area contributed by atoms with E-state index in [0.717, 1.165) is 5.56 Å². The highest BCUT2D eigenvalue weighted by Gasteiger charge is 2.45. The molecule has 1 aliphatic rings. The molecule has 1 aliphatic carbocycles. The van der Waals surface area contributed by atoms with Gasteiger partial charge in [-0.15, -0.1) is 0 Å². The topological polar surface area (TPSA) is 38.3 Å². The first-order chi connectivity index (χ1) is 10.4. The van der Waals surface area contributed by atoms with Gasteiger partial charge in [0.05, 0.1) is 12.5 Å². The van der Waals surface area contributed by atoms with Crippen molar-refractivity contribution in [2.75, 3.05) is 6.61 Å². The van der Waals surface area contributed by atoms with Crippen LogP contribution in [0, 0.1) is 5.92 Å². The van der Waals surface area contributed by atoms with Gasteiger partial charge in [0.2, 0.25) is 5.92 Å². The number of ether oxygens (including phenoxy) is 1. The SMILES string of the molecule is CCOC(=O)[C@@H]1CC(F)(F)CC[C@H]1N[C@@H](C)c1ccccc1. The van der Waals surface area contributed by atoms with Crippen molar-refractivity contribution in [2.45, 2.75) is 51.1 Å². The molecular formula is C17H23F2NO2. The lowest BCUT2D eigenvalue weighted by Gasteiger charge is -2.36. The molecule has 3 nitrogen and oxygen atoms in total. The number of rotatable bonds is 5. The Morgan fingerprint density at radius 2 is 2.09 bits per heavy atom. The summed E-state index contributed by atoms with van der Waals surface area (Å²) in [6.07, 6.45) is -0.360. The summed E-state index contributed by atoms with van der Waals surface area (Å²) in [5.74, 6) is -4.11. The van der Waals surface area contributed by atoms with Crippen molar-refractivity contribution >= 4 is 5.97 Å². The van der Waals surface area contributed by atoms with Crippen molar-refractivity contribution < 1.29 is 18.3 Å². The maximum absolute atomic E-state index is 13.7. The van der Waals surface area contributed by atoms with Crippen LogP contribution in [0.4, 0.5) is 8.78 Å². The molecule has 0 unspecified atom stereocenters. The van der Waals surface area contributed by atoms with Gasteiger partial charge in [0, 0.05) is 24.9 Å². The molecule has 0 aliphatic heterocycles. The first kappa shape index (κ1) is 16.9. The van der Waals surface area contributed by atoms with E-state index >= 15 is 0 Å². The average Bonchev–Trinajstić information content (AvgIpc) is 2.50. The molecule has 0 spiro atoms. The zero-order chi connectivity index (χ0) is 16.2. The third kappa shape index (κ3) is 4.26. The number of carbonyl (C=O) groups is 1. The Morgan fingerprint density at radius 3 is 2.73 bits per heavy atom. The largest absolute Gasteiger partial charge is 0.466 e. The highest BCUT2D eigenvalue weighted by molar-refractivity contribution is 5.73. The van der Waals surface area contributed by atoms with Gasteiger partial charge in [-0.1, -0.05) is 30.3 Å². The van der Waals surface area contributed by atoms with E-state index in [1.807, 2.05) is 37.3 Å². The Kier molecular flexibility index (Phi) is 5.51. The summed E-state index contributed by atoms with van der Waals surface area (Å²) in [4.78, 5) is 12.0. The van der Waals surface area contributed by atoms with Crippen molar-refractivity contribution in [3.63, 3.8) is 0 Å². The van der Waals surface area contributed by atoms with E-state index < -0.39 is 24.2 Å². The molecule has 1 aromatic rings. The van der Waals surface area contributed by atoms with Gasteiger partial charge in [-0.3, -0.25) is 4.79 Å². The van der Waals surface area contributed by atoms with Gasteiger partial charge in [-0.05, 0) is 25.8 Å². The predicted octanol–water partition coefficient (Wildman–Crippen LogP) is 3.70. The quantitative estimate of drug-likeness (QED) is 0.843. The molecule has 0 saturated heterocycles. The molecule has 3 atom stereocenters. The monoisotopic (exact) mass is 311 g/mol. The van der Waals surface area contributed by atoms with E-state index in [1.165, 1.54) is 0 Å². The van der Waals surface area contributed by atoms with E-state index in [2.05, 4.69) is 5.32 Å². The highest BCUT2D eigenvalue weighted by atomic mass is 19.3. The van der Waals surface area contributed by atoms with Crippen LogP contribution in [0.15, 0.2) is 30.3 Å². The normalized spacial score (nSPS) is 25.5. The summed E-state index contributed by atoms with van der Waals surface area (Å²) in [6, 6.07) is 9.47. The van der Waals surface area contributed by atoms with Crippen LogP contribution < -0.4 is 5.32 Å². The van der Waals surface area contributed by atoms with Gasteiger partial charge in [-0.25, -0.2) is 8.78 Å². The molecule has 0 heterocycles. The van der Waals surface area contributed by atoms with Gasteiger partial charge in [0.1, 0.15) is 0 Å². The molecule has 122 valence electrons. The molecular weight excluding hydrogens is 288 g/mol. The lowest BCUT2D eigenvalue weighted by atomic mass is 9.81. The van der Waals surface area contributed by atoms with Crippen LogP contribution >= 0.6 is 0 Å². The number of alkyl halides is 2. The zero-order valence-electron chi connectivity index (χ0n) is 13.0. The summed E-state index contributed by atoms with van der Waals surface area (Å²) in [7, 11) is 0. The van der Waals surface area contributed by atoms with Crippen LogP contribution in [-0.4, -0.2) is 24.5 Å². The Balaban J connectivity index is 2.08. The first-order valence-corrected chi connectivity index (χ1v) is 7.78. The number of halogens is 2. The average molecular weight is 311 g/mol. The predicted molar refractivity (Wildman–Crippen MR) is 80.7 cm³/mol. The Bertz CT molecular complexity index is 493. The molecule has 1 saturated carbocycles. The number of hydrogen-bond acceptors (Lipinski definition) is 3. The molecule has 0 amide bonds. The molecule has 0 aromatic heterocycles. The van der Waals surface area contributed by atoms with E-state index in [1.54, 1.807) is 6.92 Å². The number of benzene rings is 1. The summed E-state index contributed by atoms with van der Waals surface area (Å²) in [5.41, 5.74) is 1.07. The maximum atomic E-state index is 13.7. The first-order valence-electron chi connectivity index (χ1n) is 7.78. The van der Waals surface area contributed by atoms with Crippen LogP contribution in [-0.2, 0) is 9.53 Å². The number of nitrogens with one attached hydrogen (secondary N) is 1. The fourth-order valence-electron chi connectivity index (χ4n) is 2.99. The summed E-state index contributed by atoms with van der Waals surface area (Å²) in [6.45, 7) is 3.88. The Morgan fingerprint density at radius 1 is 1.41 bits per heavy atom. The zero-order valence-corrected chi connectivity index (χ0v) is 13.0. The van der Waals surface area contributed by atoms with Crippen molar-refractivity contribution in [1.82, 2.24) is 5.32 Å². The van der Waals surface area contributed by atoms with E-state index in [0.29, 0.717) is 0 Å². The Labute approximate surface area is 130 Å². The molecule has 2 rings (SSSR count). The molecule has 22 heavy (non-hydrogen) atoms. The van der Waals surface area contributed by atoms with Gasteiger partial charge in [-0.2, -0.15) is 0 Å². The van der Waals surface area contributed by atoms with Crippen molar-refractivity contribution in [3.8, 4) is 0 Å². The summed E-state index contributed by atoms with van der Waals surface area (Å²) < 4.78 is 32.3. The lowest BCUT2D eigenvalue weighted by Crippen LogP contribution is -2.48. The van der Waals surface area contributed by atoms with E-state index in [9.17, 15) is 13.6 Å². The van der Waals surface area contributed by atoms with Crippen LogP contribution in [0.2, 0.25) is 0 Å². The fourth-order valence-corrected chi connectivity index (χ4v) is 2.99. The van der Waals surface area contributed by atoms with Gasteiger partial charge in [0.15, 0.2) is 0 Å². The third-order valence-corrected chi connectivity index (χ3v) is 4.18. The second-order valence-corrected chi connectivity index (χ2v) is 5.86. The minimum absolute atomic E-state index is 0.00477. The molecule has 1 aromatic carbocycles. The second kappa shape index (κ2) is 7.18. The van der Waals surface area contributed by atoms with Crippen molar-refractivity contribution in [2.24, 2.45) is 5.92 Å². The minimum Gasteiger partial charge on any atom is -0.466 e. The molecule has 1 fully saturated rings. The van der Waals surface area contributed by atoms with Gasteiger partial charge in [0.25, 0.3) is 0 Å². The fraction of sp³-hybridized carbons (Fsp3) is 0.588. The molecule has 0 bridgehead atoms. The molecule has 5 heteroatoms. The molecule has 0 radical (unpaired) electrons. The van der Waals surface area contributed by atoms with Crippen LogP contribution in [0.3, 0.4) is 0 Å². The van der Waals surface area contributed by atoms with Crippen LogP contribution in [0.5, 0.6) is 0 Å². The van der Waals surface area contributed by atoms with E-state index in [4.69, 9.17) is 4.74 Å². The number of carbonyl (C=O) groups excluding carboxylic acids is 1. The number of hydrogen-bond donors (Lipinski definition) is 1. The minimum atomic E-state index is -2.79. The van der Waals surface area contributed by atoms with Crippen molar-refractivity contribution in [3.05, 3.63) is 35.9 Å². The van der Waals surface area contributed by atoms with Crippen LogP contribution in [0.25, 0.3) is 0 Å². The van der Waals surface area contributed by atoms with Gasteiger partial charge >= 0.3 is 5.97 Å². The van der Waals surface area contributed by atoms with Crippen LogP contribution in [0.1, 0.15) is 44.7 Å². The third-order valence-electron chi connectivity index (χ3n) is 4.18. The lowest BCUT2D eigenvalue weighted by molar-refractivity contribution is -0.157. The number of esters is 1. The standard InChI is InChI=1S/C17H23F2NO2/c1-3-22-16(21)14-11-17(18,19)10-9-15(14)20-12(2)13-7-5-4-6-8-13/h4-8,12,14-15,20H,3,9-11H2,1-2H3/t12-,14+,15+/m0/s1. The summed E-state index contributed by atoms with van der Waals surface area (Å²) >= 11 is 0.